The third kappa shape index (κ3) is 5.45. The predicted molar refractivity (Wildman–Crippen MR) is 121 cm³/mol. The molecular formula is C23H28ClN3O3. The number of ether oxygens (including phenoxy) is 1. The first-order valence-corrected chi connectivity index (χ1v) is 10.8. The molecule has 0 spiro atoms. The molecule has 0 aromatic heterocycles. The van der Waals surface area contributed by atoms with E-state index in [-0.39, 0.29) is 11.8 Å². The summed E-state index contributed by atoms with van der Waals surface area (Å²) in [5, 5.41) is 3.46. The second-order valence-corrected chi connectivity index (χ2v) is 7.63. The van der Waals surface area contributed by atoms with Crippen molar-refractivity contribution in [1.29, 1.82) is 0 Å². The van der Waals surface area contributed by atoms with E-state index in [1.165, 1.54) is 0 Å². The van der Waals surface area contributed by atoms with Crippen molar-refractivity contribution in [1.82, 2.24) is 4.90 Å². The van der Waals surface area contributed by atoms with Crippen LogP contribution in [-0.2, 0) is 4.79 Å². The zero-order chi connectivity index (χ0) is 21.5. The van der Waals surface area contributed by atoms with Crippen LogP contribution in [0.1, 0.15) is 37.0 Å². The highest BCUT2D eigenvalue weighted by molar-refractivity contribution is 6.33. The molecule has 0 radical (unpaired) electrons. The first kappa shape index (κ1) is 22.0. The fourth-order valence-corrected chi connectivity index (χ4v) is 3.71. The Bertz CT molecular complexity index is 895. The number of nitrogens with one attached hydrogen (secondary N) is 1. The largest absolute Gasteiger partial charge is 0.494 e. The minimum atomic E-state index is -0.215. The summed E-state index contributed by atoms with van der Waals surface area (Å²) in [5.74, 6) is 0.647. The van der Waals surface area contributed by atoms with Gasteiger partial charge < -0.3 is 19.9 Å². The fraction of sp³-hybridized carbons (Fsp3) is 0.391. The van der Waals surface area contributed by atoms with Crippen molar-refractivity contribution in [3.05, 3.63) is 53.1 Å². The summed E-state index contributed by atoms with van der Waals surface area (Å²) in [6, 6.07) is 12.6. The zero-order valence-corrected chi connectivity index (χ0v) is 18.2. The van der Waals surface area contributed by atoms with Gasteiger partial charge in [0.25, 0.3) is 5.91 Å². The minimum Gasteiger partial charge on any atom is -0.494 e. The van der Waals surface area contributed by atoms with Crippen LogP contribution in [0.15, 0.2) is 42.5 Å². The van der Waals surface area contributed by atoms with Gasteiger partial charge in [0.2, 0.25) is 5.91 Å². The van der Waals surface area contributed by atoms with Crippen molar-refractivity contribution >= 4 is 34.8 Å². The molecule has 0 unspecified atom stereocenters. The Kier molecular flexibility index (Phi) is 7.57. The first-order chi connectivity index (χ1) is 14.5. The van der Waals surface area contributed by atoms with Crippen molar-refractivity contribution in [3.63, 3.8) is 0 Å². The van der Waals surface area contributed by atoms with Crippen LogP contribution >= 0.6 is 11.6 Å². The molecule has 0 bridgehead atoms. The topological polar surface area (TPSA) is 61.9 Å². The predicted octanol–water partition coefficient (Wildman–Crippen LogP) is 4.44. The lowest BCUT2D eigenvalue weighted by Crippen LogP contribution is -2.48. The molecule has 3 rings (SSSR count). The lowest BCUT2D eigenvalue weighted by Gasteiger charge is -2.36. The average Bonchev–Trinajstić information content (AvgIpc) is 2.77. The normalized spacial score (nSPS) is 13.8. The molecule has 0 atom stereocenters. The number of benzene rings is 2. The molecular weight excluding hydrogens is 402 g/mol. The monoisotopic (exact) mass is 429 g/mol. The van der Waals surface area contributed by atoms with Crippen molar-refractivity contribution in [2.24, 2.45) is 0 Å². The van der Waals surface area contributed by atoms with E-state index in [9.17, 15) is 9.59 Å². The summed E-state index contributed by atoms with van der Waals surface area (Å²) in [6.45, 7) is 7.39. The highest BCUT2D eigenvalue weighted by atomic mass is 35.5. The number of hydrogen-bond acceptors (Lipinski definition) is 4. The summed E-state index contributed by atoms with van der Waals surface area (Å²) in [4.78, 5) is 28.5. The SMILES string of the molecule is CCCOc1cccc(C(=O)Nc2ccc(N3CCN(C(=O)CC)CC3)c(Cl)c2)c1. The summed E-state index contributed by atoms with van der Waals surface area (Å²) in [5.41, 5.74) is 2.07. The Morgan fingerprint density at radius 1 is 1.07 bits per heavy atom. The maximum Gasteiger partial charge on any atom is 0.255 e. The highest BCUT2D eigenvalue weighted by Gasteiger charge is 2.21. The van der Waals surface area contributed by atoms with Crippen LogP contribution in [-0.4, -0.2) is 49.5 Å². The molecule has 0 aliphatic carbocycles. The molecule has 1 fully saturated rings. The van der Waals surface area contributed by atoms with E-state index in [1.54, 1.807) is 24.3 Å². The number of nitrogens with zero attached hydrogens (tertiary/aromatic N) is 2. The molecule has 2 aromatic carbocycles. The van der Waals surface area contributed by atoms with Crippen LogP contribution in [0.4, 0.5) is 11.4 Å². The van der Waals surface area contributed by atoms with Gasteiger partial charge in [0.15, 0.2) is 0 Å². The first-order valence-electron chi connectivity index (χ1n) is 10.4. The van der Waals surface area contributed by atoms with Crippen molar-refractivity contribution in [2.45, 2.75) is 26.7 Å². The van der Waals surface area contributed by atoms with Crippen LogP contribution in [0.2, 0.25) is 5.02 Å². The molecule has 1 saturated heterocycles. The van der Waals surface area contributed by atoms with E-state index in [4.69, 9.17) is 16.3 Å². The van der Waals surface area contributed by atoms with Crippen LogP contribution < -0.4 is 15.0 Å². The molecule has 7 heteroatoms. The van der Waals surface area contributed by atoms with Crippen molar-refractivity contribution in [2.75, 3.05) is 43.0 Å². The molecule has 160 valence electrons. The number of piperazine rings is 1. The third-order valence-electron chi connectivity index (χ3n) is 5.05. The second kappa shape index (κ2) is 10.3. The van der Waals surface area contributed by atoms with E-state index in [2.05, 4.69) is 10.2 Å². The molecule has 2 amide bonds. The van der Waals surface area contributed by atoms with Crippen LogP contribution in [0, 0.1) is 0 Å². The average molecular weight is 430 g/mol. The lowest BCUT2D eigenvalue weighted by atomic mass is 10.2. The number of rotatable bonds is 7. The Balaban J connectivity index is 1.63. The van der Waals surface area contributed by atoms with Gasteiger partial charge in [-0.15, -0.1) is 0 Å². The number of carbonyl (C=O) groups excluding carboxylic acids is 2. The zero-order valence-electron chi connectivity index (χ0n) is 17.5. The summed E-state index contributed by atoms with van der Waals surface area (Å²) in [7, 11) is 0. The minimum absolute atomic E-state index is 0.183. The van der Waals surface area contributed by atoms with Gasteiger partial charge in [0.05, 0.1) is 17.3 Å². The van der Waals surface area contributed by atoms with Crippen molar-refractivity contribution < 1.29 is 14.3 Å². The Hall–Kier alpha value is -2.73. The molecule has 1 aliphatic rings. The quantitative estimate of drug-likeness (QED) is 0.706. The van der Waals surface area contributed by atoms with Gasteiger partial charge in [-0.1, -0.05) is 31.5 Å². The van der Waals surface area contributed by atoms with Crippen molar-refractivity contribution in [3.8, 4) is 5.75 Å². The number of halogens is 1. The smallest absolute Gasteiger partial charge is 0.255 e. The summed E-state index contributed by atoms with van der Waals surface area (Å²) in [6.07, 6.45) is 1.44. The molecule has 2 aromatic rings. The van der Waals surface area contributed by atoms with Gasteiger partial charge in [-0.3, -0.25) is 9.59 Å². The van der Waals surface area contributed by atoms with Gasteiger partial charge in [-0.05, 0) is 42.8 Å². The van der Waals surface area contributed by atoms with E-state index in [0.29, 0.717) is 48.1 Å². The maximum absolute atomic E-state index is 12.6. The van der Waals surface area contributed by atoms with E-state index in [0.717, 1.165) is 25.2 Å². The number of anilines is 2. The van der Waals surface area contributed by atoms with Gasteiger partial charge in [0, 0.05) is 43.9 Å². The molecule has 0 saturated carbocycles. The Morgan fingerprint density at radius 2 is 1.83 bits per heavy atom. The number of carbonyl (C=O) groups is 2. The Morgan fingerprint density at radius 3 is 2.50 bits per heavy atom. The second-order valence-electron chi connectivity index (χ2n) is 7.22. The van der Waals surface area contributed by atoms with E-state index in [1.807, 2.05) is 36.9 Å². The van der Waals surface area contributed by atoms with Crippen LogP contribution in [0.25, 0.3) is 0 Å². The summed E-state index contributed by atoms with van der Waals surface area (Å²) < 4.78 is 5.60. The molecule has 30 heavy (non-hydrogen) atoms. The Labute approximate surface area is 182 Å². The fourth-order valence-electron chi connectivity index (χ4n) is 3.41. The molecule has 1 heterocycles. The standard InChI is InChI=1S/C23H28ClN3O3/c1-3-14-30-19-7-5-6-17(15-19)23(29)25-18-8-9-21(20(24)16-18)26-10-12-27(13-11-26)22(28)4-2/h5-9,15-16H,3-4,10-14H2,1-2H3,(H,25,29). The van der Waals surface area contributed by atoms with Gasteiger partial charge >= 0.3 is 0 Å². The number of hydrogen-bond donors (Lipinski definition) is 1. The lowest BCUT2D eigenvalue weighted by molar-refractivity contribution is -0.131. The van der Waals surface area contributed by atoms with Gasteiger partial charge in [-0.2, -0.15) is 0 Å². The number of amides is 2. The molecule has 1 N–H and O–H groups in total. The highest BCUT2D eigenvalue weighted by Crippen LogP contribution is 2.30. The van der Waals surface area contributed by atoms with E-state index < -0.39 is 0 Å². The van der Waals surface area contributed by atoms with E-state index >= 15 is 0 Å². The third-order valence-corrected chi connectivity index (χ3v) is 5.35. The molecule has 6 nitrogen and oxygen atoms in total. The molecule has 1 aliphatic heterocycles. The van der Waals surface area contributed by atoms with Gasteiger partial charge in [-0.25, -0.2) is 0 Å². The van der Waals surface area contributed by atoms with Gasteiger partial charge in [0.1, 0.15) is 5.75 Å². The van der Waals surface area contributed by atoms with Crippen LogP contribution in [0.3, 0.4) is 0 Å². The maximum atomic E-state index is 12.6. The van der Waals surface area contributed by atoms with Crippen LogP contribution in [0.5, 0.6) is 5.75 Å². The summed E-state index contributed by atoms with van der Waals surface area (Å²) >= 11 is 6.51.